The lowest BCUT2D eigenvalue weighted by molar-refractivity contribution is -0.0167. The highest BCUT2D eigenvalue weighted by molar-refractivity contribution is 9.09. The van der Waals surface area contributed by atoms with E-state index in [9.17, 15) is 0 Å². The van der Waals surface area contributed by atoms with Crippen molar-refractivity contribution in [3.05, 3.63) is 0 Å². The Labute approximate surface area is 301 Å². The highest BCUT2D eigenvalue weighted by Gasteiger charge is 2.49. The van der Waals surface area contributed by atoms with E-state index in [1.54, 1.807) is 0 Å². The maximum absolute atomic E-state index is 7.00. The first-order valence-corrected chi connectivity index (χ1v) is 27.8. The quantitative estimate of drug-likeness (QED) is 0.0612. The van der Waals surface area contributed by atoms with Gasteiger partial charge in [-0.05, 0) is 99.7 Å². The minimum Gasteiger partial charge on any atom is -0.370 e. The van der Waals surface area contributed by atoms with E-state index in [4.69, 9.17) is 26.6 Å². The van der Waals surface area contributed by atoms with Gasteiger partial charge in [0.05, 0.1) is 0 Å². The second kappa shape index (κ2) is 20.5. The fourth-order valence-electron chi connectivity index (χ4n) is 8.88. The summed E-state index contributed by atoms with van der Waals surface area (Å²) < 4.78 is 42.0. The van der Waals surface area contributed by atoms with Gasteiger partial charge in [0.1, 0.15) is 0 Å². The van der Waals surface area contributed by atoms with Gasteiger partial charge in [-0.2, -0.15) is 0 Å². The van der Waals surface area contributed by atoms with Crippen molar-refractivity contribution in [3.63, 3.8) is 0 Å². The Morgan fingerprint density at radius 1 is 0.340 bits per heavy atom. The molecule has 272 valence electrons. The summed E-state index contributed by atoms with van der Waals surface area (Å²) >= 11 is 0. The second-order valence-electron chi connectivity index (χ2n) is 15.4. The van der Waals surface area contributed by atoms with Crippen LogP contribution in [0.2, 0.25) is 12.1 Å². The van der Waals surface area contributed by atoms with Gasteiger partial charge >= 0.3 is 17.6 Å². The number of hydrogen-bond acceptors (Lipinski definition) is 9. The third-order valence-electron chi connectivity index (χ3n) is 11.4. The highest BCUT2D eigenvalue weighted by atomic mass is 33.5. The predicted octanol–water partition coefficient (Wildman–Crippen LogP) is 11.4. The molecular formula is C36H66O6S3Si2. The summed E-state index contributed by atoms with van der Waals surface area (Å²) in [7, 11) is 0.581. The van der Waals surface area contributed by atoms with Crippen LogP contribution in [-0.4, -0.2) is 65.7 Å². The van der Waals surface area contributed by atoms with Crippen molar-refractivity contribution in [2.75, 3.05) is 11.5 Å². The van der Waals surface area contributed by atoms with Crippen LogP contribution in [0.5, 0.6) is 0 Å². The van der Waals surface area contributed by atoms with Gasteiger partial charge in [0.15, 0.2) is 0 Å². The van der Waals surface area contributed by atoms with Gasteiger partial charge in [-0.3, -0.25) is 0 Å². The van der Waals surface area contributed by atoms with Crippen LogP contribution in [0.15, 0.2) is 0 Å². The molecule has 11 heteroatoms. The number of hydrogen-bond donors (Lipinski definition) is 0. The van der Waals surface area contributed by atoms with Crippen LogP contribution < -0.4 is 0 Å². The largest absolute Gasteiger partial charge is 0.501 e. The first-order chi connectivity index (χ1) is 23.2. The molecule has 6 rings (SSSR count). The zero-order valence-corrected chi connectivity index (χ0v) is 33.8. The van der Waals surface area contributed by atoms with Crippen LogP contribution in [0, 0.1) is 0 Å². The molecule has 6 aliphatic carbocycles. The summed E-state index contributed by atoms with van der Waals surface area (Å²) in [5.74, 6) is 2.25. The van der Waals surface area contributed by atoms with Gasteiger partial charge in [0.25, 0.3) is 0 Å². The fourth-order valence-corrected chi connectivity index (χ4v) is 20.0. The van der Waals surface area contributed by atoms with Crippen LogP contribution in [0.3, 0.4) is 0 Å². The third kappa shape index (κ3) is 12.7. The second-order valence-corrected chi connectivity index (χ2v) is 25.0. The van der Waals surface area contributed by atoms with E-state index in [0.717, 1.165) is 36.4 Å². The van der Waals surface area contributed by atoms with E-state index in [0.29, 0.717) is 36.6 Å². The van der Waals surface area contributed by atoms with E-state index < -0.39 is 17.6 Å². The molecule has 0 aromatic carbocycles. The van der Waals surface area contributed by atoms with Gasteiger partial charge in [-0.25, -0.2) is 0 Å². The molecule has 6 fully saturated rings. The Bertz CT molecular complexity index is 697. The van der Waals surface area contributed by atoms with Crippen molar-refractivity contribution in [2.24, 2.45) is 0 Å². The van der Waals surface area contributed by atoms with Crippen molar-refractivity contribution in [3.8, 4) is 0 Å². The molecule has 0 aliphatic heterocycles. The van der Waals surface area contributed by atoms with Crippen LogP contribution >= 0.6 is 31.4 Å². The number of rotatable bonds is 22. The molecule has 6 aliphatic rings. The summed E-state index contributed by atoms with van der Waals surface area (Å²) in [4.78, 5) is 0. The van der Waals surface area contributed by atoms with Crippen LogP contribution in [0.25, 0.3) is 0 Å². The average molecular weight is 747 g/mol. The van der Waals surface area contributed by atoms with Crippen LogP contribution in [-0.2, 0) is 26.6 Å². The minimum absolute atomic E-state index is 0.352. The monoisotopic (exact) mass is 746 g/mol. The molecule has 0 saturated heterocycles. The molecule has 0 N–H and O–H groups in total. The standard InChI is InChI=1S/C36H66O6S3Si2/c1-2-16-31(15-1)37-46(38-32-17-3-4-18-32,39-33-19-5-6-20-33)29-13-27-43-45-44-28-14-30-47(40-34-21-7-8-22-34,41-35-23-9-10-24-35)42-36-25-11-12-26-36/h31-36H,1-30H2. The smallest absolute Gasteiger partial charge is 0.370 e. The topological polar surface area (TPSA) is 55.4 Å². The maximum atomic E-state index is 7.00. The van der Waals surface area contributed by atoms with Gasteiger partial charge in [-0.1, -0.05) is 98.6 Å². The zero-order valence-electron chi connectivity index (χ0n) is 29.4. The molecule has 0 unspecified atom stereocenters. The van der Waals surface area contributed by atoms with Crippen LogP contribution in [0.1, 0.15) is 167 Å². The highest BCUT2D eigenvalue weighted by Crippen LogP contribution is 2.41. The summed E-state index contributed by atoms with van der Waals surface area (Å²) in [5, 5.41) is 0. The molecule has 47 heavy (non-hydrogen) atoms. The van der Waals surface area contributed by atoms with Gasteiger partial charge in [0, 0.05) is 60.2 Å². The van der Waals surface area contributed by atoms with Gasteiger partial charge in [0.2, 0.25) is 0 Å². The van der Waals surface area contributed by atoms with Crippen molar-refractivity contribution in [1.82, 2.24) is 0 Å². The van der Waals surface area contributed by atoms with Crippen LogP contribution in [0.4, 0.5) is 0 Å². The minimum atomic E-state index is -2.71. The molecule has 0 radical (unpaired) electrons. The van der Waals surface area contributed by atoms with E-state index in [2.05, 4.69) is 0 Å². The summed E-state index contributed by atoms with van der Waals surface area (Å²) in [6.07, 6.45) is 34.1. The molecular weight excluding hydrogens is 681 g/mol. The van der Waals surface area contributed by atoms with E-state index >= 15 is 0 Å². The maximum Gasteiger partial charge on any atom is 0.501 e. The summed E-state index contributed by atoms with van der Waals surface area (Å²) in [6, 6.07) is 1.97. The molecule has 0 aromatic rings. The van der Waals surface area contributed by atoms with E-state index in [1.807, 2.05) is 31.4 Å². The first kappa shape index (κ1) is 38.0. The van der Waals surface area contributed by atoms with Crippen molar-refractivity contribution in [2.45, 2.75) is 216 Å². The van der Waals surface area contributed by atoms with Gasteiger partial charge in [-0.15, -0.1) is 0 Å². The van der Waals surface area contributed by atoms with Crippen molar-refractivity contribution in [1.29, 1.82) is 0 Å². The molecule has 0 amide bonds. The van der Waals surface area contributed by atoms with E-state index in [-0.39, 0.29) is 0 Å². The normalized spacial score (nSPS) is 25.0. The Balaban J connectivity index is 0.959. The third-order valence-corrected chi connectivity index (χ3v) is 21.9. The Morgan fingerprint density at radius 2 is 0.553 bits per heavy atom. The molecule has 0 heterocycles. The lowest BCUT2D eigenvalue weighted by Gasteiger charge is -2.36. The molecule has 0 aromatic heterocycles. The fraction of sp³-hybridized carbons (Fsp3) is 1.00. The van der Waals surface area contributed by atoms with E-state index in [1.165, 1.54) is 154 Å². The van der Waals surface area contributed by atoms with Gasteiger partial charge < -0.3 is 26.6 Å². The molecule has 0 bridgehead atoms. The molecule has 6 nitrogen and oxygen atoms in total. The molecule has 0 atom stereocenters. The summed E-state index contributed by atoms with van der Waals surface area (Å²) in [5.41, 5.74) is 0. The predicted molar refractivity (Wildman–Crippen MR) is 203 cm³/mol. The SMILES string of the molecule is C1CCC(O[Si](CCCSSSCCC[Si](OC2CCCC2)(OC2CCCC2)OC2CCCC2)(OC2CCCC2)OC2CCCC2)C1. The molecule has 6 saturated carbocycles. The first-order valence-electron chi connectivity index (χ1n) is 20.2. The Morgan fingerprint density at radius 3 is 0.766 bits per heavy atom. The zero-order chi connectivity index (χ0) is 32.0. The lowest BCUT2D eigenvalue weighted by atomic mass is 10.3. The Hall–Kier alpha value is 1.24. The average Bonchev–Trinajstić information content (AvgIpc) is 3.90. The molecule has 0 spiro atoms. The van der Waals surface area contributed by atoms with Crippen molar-refractivity contribution < 1.29 is 26.6 Å². The Kier molecular flexibility index (Phi) is 16.5. The lowest BCUT2D eigenvalue weighted by Crippen LogP contribution is -2.52. The summed E-state index contributed by atoms with van der Waals surface area (Å²) in [6.45, 7) is 0. The van der Waals surface area contributed by atoms with Crippen molar-refractivity contribution >= 4 is 49.0 Å².